The van der Waals surface area contributed by atoms with Crippen molar-refractivity contribution in [1.82, 2.24) is 0 Å². The van der Waals surface area contributed by atoms with Gasteiger partial charge in [0.15, 0.2) is 5.78 Å². The Morgan fingerprint density at radius 3 is 2.17 bits per heavy atom. The molecule has 4 aromatic rings. The molecule has 0 saturated carbocycles. The van der Waals surface area contributed by atoms with E-state index in [0.29, 0.717) is 5.57 Å². The lowest BCUT2D eigenvalue weighted by Gasteiger charge is -2.43. The number of hydrogen-bond acceptors (Lipinski definition) is 12. The Hall–Kier alpha value is -6.14. The number of rotatable bonds is 6. The lowest BCUT2D eigenvalue weighted by Crippen LogP contribution is -2.62. The van der Waals surface area contributed by atoms with Crippen LogP contribution in [0.1, 0.15) is 82.9 Å². The molecule has 7 rings (SSSR count). The molecule has 0 fully saturated rings. The van der Waals surface area contributed by atoms with Crippen LogP contribution >= 0.6 is 0 Å². The number of Topliss-reactive ketones (excluding diaryl/α,β-unsaturated/α-hetero) is 2. The summed E-state index contributed by atoms with van der Waals surface area (Å²) in [4.78, 5) is 29.4. The van der Waals surface area contributed by atoms with Gasteiger partial charge in [0.25, 0.3) is 5.79 Å². The van der Waals surface area contributed by atoms with Gasteiger partial charge >= 0.3 is 0 Å². The SMILES string of the molecule is CC(C)=CC[C@]12Oc3cc(O)ccc3[C@@]1(O)Oc1cc(O)c([C@@H]3C=C(C)C[C@@H](c4ccc(O)cc4O)[C@@H]3C(=O)c3cc(O)cc(O)c3)c(O)c1C2=O. The lowest BCUT2D eigenvalue weighted by molar-refractivity contribution is -0.221. The topological polar surface area (TPSA) is 214 Å². The van der Waals surface area contributed by atoms with Crippen molar-refractivity contribution in [3.8, 4) is 51.7 Å². The number of carbonyl (C=O) groups excluding carboxylic acids is 2. The molecule has 52 heavy (non-hydrogen) atoms. The Labute approximate surface area is 297 Å². The molecule has 2 heterocycles. The molecule has 3 aliphatic rings. The molecule has 8 N–H and O–H groups in total. The van der Waals surface area contributed by atoms with Gasteiger partial charge in [0, 0.05) is 59.6 Å². The Morgan fingerprint density at radius 2 is 1.50 bits per heavy atom. The Kier molecular flexibility index (Phi) is 7.91. The third-order valence-electron chi connectivity index (χ3n) is 10.2. The van der Waals surface area contributed by atoms with Gasteiger partial charge in [0.1, 0.15) is 57.3 Å². The third kappa shape index (κ3) is 5.17. The number of ether oxygens (including phenoxy) is 2. The largest absolute Gasteiger partial charge is 0.508 e. The molecular formula is C40H36O12. The van der Waals surface area contributed by atoms with Crippen molar-refractivity contribution < 1.29 is 59.9 Å². The van der Waals surface area contributed by atoms with Crippen LogP contribution in [0.2, 0.25) is 0 Å². The summed E-state index contributed by atoms with van der Waals surface area (Å²) < 4.78 is 12.3. The normalized spacial score (nSPS) is 24.4. The minimum Gasteiger partial charge on any atom is -0.508 e. The van der Waals surface area contributed by atoms with Crippen LogP contribution in [0.4, 0.5) is 0 Å². The quantitative estimate of drug-likeness (QED) is 0.0824. The highest BCUT2D eigenvalue weighted by Gasteiger charge is 2.70. The molecule has 0 aromatic heterocycles. The van der Waals surface area contributed by atoms with Crippen molar-refractivity contribution in [2.75, 3.05) is 0 Å². The van der Waals surface area contributed by atoms with Crippen LogP contribution in [0.5, 0.6) is 51.7 Å². The summed E-state index contributed by atoms with van der Waals surface area (Å²) in [6.45, 7) is 5.32. The molecule has 0 spiro atoms. The fourth-order valence-electron chi connectivity index (χ4n) is 7.83. The highest BCUT2D eigenvalue weighted by atomic mass is 16.7. The highest BCUT2D eigenvalue weighted by Crippen LogP contribution is 2.60. The fraction of sp³-hybridized carbons (Fsp3) is 0.250. The molecule has 0 saturated heterocycles. The number of benzene rings is 4. The summed E-state index contributed by atoms with van der Waals surface area (Å²) >= 11 is 0. The molecular weight excluding hydrogens is 672 g/mol. The van der Waals surface area contributed by atoms with Gasteiger partial charge in [0.2, 0.25) is 11.4 Å². The number of ketones is 2. The van der Waals surface area contributed by atoms with Gasteiger partial charge in [-0.1, -0.05) is 29.4 Å². The molecule has 268 valence electrons. The zero-order valence-corrected chi connectivity index (χ0v) is 28.3. The number of phenols is 7. The lowest BCUT2D eigenvalue weighted by atomic mass is 9.65. The van der Waals surface area contributed by atoms with Crippen molar-refractivity contribution in [3.05, 3.63) is 112 Å². The van der Waals surface area contributed by atoms with E-state index in [9.17, 15) is 50.4 Å². The van der Waals surface area contributed by atoms with E-state index in [-0.39, 0.29) is 63.8 Å². The average molecular weight is 709 g/mol. The molecule has 5 atom stereocenters. The van der Waals surface area contributed by atoms with E-state index in [1.807, 2.05) is 0 Å². The van der Waals surface area contributed by atoms with E-state index in [1.54, 1.807) is 32.9 Å². The minimum atomic E-state index is -2.45. The molecule has 2 aliphatic heterocycles. The first-order valence-corrected chi connectivity index (χ1v) is 16.5. The van der Waals surface area contributed by atoms with Gasteiger partial charge in [-0.05, 0) is 63.1 Å². The monoisotopic (exact) mass is 708 g/mol. The van der Waals surface area contributed by atoms with E-state index in [4.69, 9.17) is 9.47 Å². The van der Waals surface area contributed by atoms with Crippen LogP contribution in [0.15, 0.2) is 84.0 Å². The van der Waals surface area contributed by atoms with Gasteiger partial charge in [-0.25, -0.2) is 0 Å². The van der Waals surface area contributed by atoms with Crippen LogP contribution in [0, 0.1) is 5.92 Å². The second-order valence-electron chi connectivity index (χ2n) is 13.9. The fourth-order valence-corrected chi connectivity index (χ4v) is 7.83. The van der Waals surface area contributed by atoms with Gasteiger partial charge < -0.3 is 50.3 Å². The Balaban J connectivity index is 1.44. The third-order valence-corrected chi connectivity index (χ3v) is 10.2. The van der Waals surface area contributed by atoms with Crippen molar-refractivity contribution in [1.29, 1.82) is 0 Å². The Bertz CT molecular complexity index is 2230. The van der Waals surface area contributed by atoms with Crippen molar-refractivity contribution >= 4 is 11.6 Å². The van der Waals surface area contributed by atoms with Crippen LogP contribution in [-0.4, -0.2) is 58.0 Å². The second-order valence-corrected chi connectivity index (χ2v) is 13.9. The standard InChI is InChI=1S/C40H36O12/c1-18(2)8-9-39-38(49)35-32(52-40(39,50)28-7-5-22(42)16-31(28)51-39)17-30(46)34(37(35)48)27-11-19(3)10-26(25-6-4-21(41)15-29(25)45)33(27)36(47)20-12-23(43)14-24(44)13-20/h4-8,11-17,26-27,33,41-46,48,50H,9-10H2,1-3H3/t26-,27+,33-,39+,40+/m0/s1. The van der Waals surface area contributed by atoms with E-state index in [1.165, 1.54) is 30.3 Å². The average Bonchev–Trinajstić information content (AvgIpc) is 3.30. The summed E-state index contributed by atoms with van der Waals surface area (Å²) in [5.74, 6) is -10.5. The maximum atomic E-state index is 14.8. The number of carbonyl (C=O) groups is 2. The molecule has 1 aliphatic carbocycles. The molecule has 0 amide bonds. The van der Waals surface area contributed by atoms with E-state index >= 15 is 0 Å². The predicted octanol–water partition coefficient (Wildman–Crippen LogP) is 6.25. The minimum absolute atomic E-state index is 0.0304. The number of allylic oxidation sites excluding steroid dienone is 3. The Morgan fingerprint density at radius 1 is 0.827 bits per heavy atom. The van der Waals surface area contributed by atoms with Crippen LogP contribution < -0.4 is 9.47 Å². The van der Waals surface area contributed by atoms with Gasteiger partial charge in [-0.2, -0.15) is 0 Å². The predicted molar refractivity (Wildman–Crippen MR) is 185 cm³/mol. The summed E-state index contributed by atoms with van der Waals surface area (Å²) in [6.07, 6.45) is 3.29. The van der Waals surface area contributed by atoms with Gasteiger partial charge in [-0.3, -0.25) is 9.59 Å². The molecule has 0 radical (unpaired) electrons. The second kappa shape index (κ2) is 12.0. The van der Waals surface area contributed by atoms with Crippen LogP contribution in [-0.2, 0) is 5.79 Å². The maximum Gasteiger partial charge on any atom is 0.286 e. The number of phenolic OH excluding ortho intramolecular Hbond substituents is 7. The highest BCUT2D eigenvalue weighted by molar-refractivity contribution is 6.10. The van der Waals surface area contributed by atoms with Crippen LogP contribution in [0.25, 0.3) is 0 Å². The zero-order valence-electron chi connectivity index (χ0n) is 28.3. The van der Waals surface area contributed by atoms with Crippen molar-refractivity contribution in [2.24, 2.45) is 5.92 Å². The number of hydrogen-bond donors (Lipinski definition) is 8. The van der Waals surface area contributed by atoms with E-state index < -0.39 is 69.3 Å². The summed E-state index contributed by atoms with van der Waals surface area (Å²) in [5.41, 5.74) is -1.20. The maximum absolute atomic E-state index is 14.8. The first-order chi connectivity index (χ1) is 24.5. The van der Waals surface area contributed by atoms with Crippen LogP contribution in [0.3, 0.4) is 0 Å². The number of aromatic hydroxyl groups is 7. The molecule has 12 heteroatoms. The summed E-state index contributed by atoms with van der Waals surface area (Å²) in [6, 6.07) is 12.2. The van der Waals surface area contributed by atoms with Crippen molar-refractivity contribution in [2.45, 2.75) is 56.8 Å². The first-order valence-electron chi connectivity index (χ1n) is 16.5. The van der Waals surface area contributed by atoms with E-state index in [2.05, 4.69) is 0 Å². The van der Waals surface area contributed by atoms with E-state index in [0.717, 1.165) is 35.9 Å². The number of fused-ring (bicyclic) bond motifs is 4. The number of aliphatic hydroxyl groups is 1. The molecule has 12 nitrogen and oxygen atoms in total. The molecule has 0 unspecified atom stereocenters. The van der Waals surface area contributed by atoms with Gasteiger partial charge in [-0.15, -0.1) is 0 Å². The molecule has 4 aromatic carbocycles. The first kappa shape index (κ1) is 34.3. The zero-order chi connectivity index (χ0) is 37.4. The van der Waals surface area contributed by atoms with Crippen molar-refractivity contribution in [3.63, 3.8) is 0 Å². The molecule has 0 bridgehead atoms. The summed E-state index contributed by atoms with van der Waals surface area (Å²) in [5, 5.41) is 87.7. The smallest absolute Gasteiger partial charge is 0.286 e. The summed E-state index contributed by atoms with van der Waals surface area (Å²) in [7, 11) is 0. The van der Waals surface area contributed by atoms with Gasteiger partial charge in [0.05, 0.1) is 5.56 Å².